The van der Waals surface area contributed by atoms with Crippen molar-refractivity contribution in [2.75, 3.05) is 45.9 Å². The molecule has 6 heterocycles. The number of rotatable bonds is 24. The van der Waals surface area contributed by atoms with E-state index in [-0.39, 0.29) is 54.9 Å². The summed E-state index contributed by atoms with van der Waals surface area (Å²) in [5, 5.41) is 67.9. The molecule has 20 nitrogen and oxygen atoms in total. The van der Waals surface area contributed by atoms with Gasteiger partial charge in [0.25, 0.3) is 0 Å². The van der Waals surface area contributed by atoms with Crippen molar-refractivity contribution in [2.24, 2.45) is 0 Å². The second kappa shape index (κ2) is 26.2. The molecule has 4 amide bonds. The molecule has 2 aliphatic heterocycles. The van der Waals surface area contributed by atoms with Gasteiger partial charge >= 0.3 is 18.3 Å². The highest BCUT2D eigenvalue weighted by atomic mass is 32.2. The molecule has 6 N–H and O–H groups in total. The number of unbranched alkanes of at least 4 members (excludes halogenated alkanes) is 1. The number of carbonyl (C=O) groups excluding carboxylic acids is 4. The number of benzene rings is 2. The molecule has 0 spiro atoms. The minimum atomic E-state index is -5.24. The van der Waals surface area contributed by atoms with E-state index in [1.807, 2.05) is 30.3 Å². The zero-order valence-corrected chi connectivity index (χ0v) is 44.6. The van der Waals surface area contributed by atoms with E-state index >= 15 is 0 Å². The smallest absolute Gasteiger partial charge is 0.373 e. The van der Waals surface area contributed by atoms with E-state index in [1.54, 1.807) is 24.3 Å². The second-order valence-corrected chi connectivity index (χ2v) is 23.2. The van der Waals surface area contributed by atoms with Gasteiger partial charge in [0.05, 0.1) is 12.5 Å². The van der Waals surface area contributed by atoms with Crippen molar-refractivity contribution in [3.63, 3.8) is 0 Å². The number of amides is 4. The van der Waals surface area contributed by atoms with Crippen LogP contribution in [0.3, 0.4) is 0 Å². The Bertz CT molecular complexity index is 2950. The van der Waals surface area contributed by atoms with Crippen molar-refractivity contribution in [3.05, 3.63) is 91.3 Å². The monoisotopic (exact) mass is 1170 g/mol. The third-order valence-corrected chi connectivity index (χ3v) is 16.8. The van der Waals surface area contributed by atoms with Gasteiger partial charge in [-0.25, -0.2) is 0 Å². The first-order chi connectivity index (χ1) is 36.9. The molecule has 2 aliphatic rings. The third kappa shape index (κ3) is 16.1. The summed E-state index contributed by atoms with van der Waals surface area (Å²) >= 11 is 6.24. The van der Waals surface area contributed by atoms with Gasteiger partial charge in [0.15, 0.2) is 0 Å². The molecule has 5 unspecified atom stereocenters. The standard InChI is InChI=1S/C46H50F6N14O6S5/c47-45(48,49)39(71)65-18-7-12-29(65)37(69)55-43-63-59-34(76-43)16-20-73-21-17-35-60-64-44(77-35)56-38(70)36-28(15-19-66(36)40(72)46(50,51)52)27-11-6-10-26(22-27)24-31(68)54-42-62-58-33(75-42)14-5-4-13-32-57-61-41(74-32)53-30(67)23-25-8-2-1-3-9-25/h1-3,6,8-11,22,28-29,31,36,39,68,71H,4-5,7,12-21,23-24H2,(H,54,62)(H,53,61,67)(H,55,63,69)(H,56,64,70). The number of aliphatic hydroxyl groups is 2. The summed E-state index contributed by atoms with van der Waals surface area (Å²) in [6.45, 7) is -0.423. The topological polar surface area (TPSA) is 266 Å². The maximum absolute atomic E-state index is 13.9. The van der Waals surface area contributed by atoms with Gasteiger partial charge in [-0.2, -0.15) is 38.1 Å². The Morgan fingerprint density at radius 2 is 1.22 bits per heavy atom. The fraction of sp³-hybridized carbons (Fsp3) is 0.478. The first-order valence-corrected chi connectivity index (χ1v) is 28.5. The van der Waals surface area contributed by atoms with E-state index in [2.05, 4.69) is 62.1 Å². The summed E-state index contributed by atoms with van der Waals surface area (Å²) in [4.78, 5) is 52.9. The predicted molar refractivity (Wildman–Crippen MR) is 278 cm³/mol. The lowest BCUT2D eigenvalue weighted by Gasteiger charge is -2.29. The Kier molecular flexibility index (Phi) is 19.5. The lowest BCUT2D eigenvalue weighted by Crippen LogP contribution is -2.51. The van der Waals surface area contributed by atoms with Crippen molar-refractivity contribution in [2.45, 2.75) is 113 Å². The van der Waals surface area contributed by atoms with E-state index in [4.69, 9.17) is 0 Å². The lowest BCUT2D eigenvalue weighted by molar-refractivity contribution is -0.251. The normalized spacial score (nSPS) is 17.8. The predicted octanol–water partition coefficient (Wildman–Crippen LogP) is 6.50. The molecular formula is C46H50F6N14O6S5. The minimum absolute atomic E-state index is 0.0323. The van der Waals surface area contributed by atoms with Gasteiger partial charge in [-0.3, -0.25) is 34.7 Å². The molecule has 0 saturated carbocycles. The lowest BCUT2D eigenvalue weighted by atomic mass is 9.89. The summed E-state index contributed by atoms with van der Waals surface area (Å²) in [5.41, 5.74) is 2.00. The number of anilines is 4. The average Bonchev–Trinajstić information content (AvgIpc) is 4.28. The molecule has 6 aromatic rings. The minimum Gasteiger partial charge on any atom is -0.373 e. The Balaban J connectivity index is 0.775. The van der Waals surface area contributed by atoms with Crippen molar-refractivity contribution in [1.29, 1.82) is 0 Å². The van der Waals surface area contributed by atoms with Crippen LogP contribution in [0.4, 0.5) is 46.9 Å². The number of hydrogen-bond donors (Lipinski definition) is 6. The van der Waals surface area contributed by atoms with Crippen molar-refractivity contribution in [1.82, 2.24) is 50.6 Å². The molecule has 0 aliphatic carbocycles. The van der Waals surface area contributed by atoms with Crippen LogP contribution >= 0.6 is 57.1 Å². The second-order valence-electron chi connectivity index (χ2n) is 17.8. The number of nitrogens with one attached hydrogen (secondary N) is 4. The fourth-order valence-corrected chi connectivity index (χ4v) is 12.9. The summed E-state index contributed by atoms with van der Waals surface area (Å²) in [6.07, 6.45) is -9.48. The van der Waals surface area contributed by atoms with E-state index < -0.39 is 60.5 Å². The molecule has 412 valence electrons. The quantitative estimate of drug-likeness (QED) is 0.0215. The van der Waals surface area contributed by atoms with Crippen LogP contribution in [0.25, 0.3) is 0 Å². The van der Waals surface area contributed by atoms with Gasteiger partial charge in [0.2, 0.25) is 44.5 Å². The van der Waals surface area contributed by atoms with Crippen molar-refractivity contribution < 1.29 is 55.7 Å². The van der Waals surface area contributed by atoms with Crippen LogP contribution in [0.2, 0.25) is 0 Å². The highest BCUT2D eigenvalue weighted by Gasteiger charge is 2.52. The van der Waals surface area contributed by atoms with Crippen LogP contribution < -0.4 is 21.3 Å². The van der Waals surface area contributed by atoms with Crippen LogP contribution in [0, 0.1) is 0 Å². The molecule has 2 saturated heterocycles. The van der Waals surface area contributed by atoms with Gasteiger partial charge in [-0.15, -0.1) is 40.8 Å². The van der Waals surface area contributed by atoms with Crippen LogP contribution in [0.5, 0.6) is 0 Å². The number of aliphatic hydroxyl groups excluding tert-OH is 2. The van der Waals surface area contributed by atoms with Crippen molar-refractivity contribution in [3.8, 4) is 0 Å². The fourth-order valence-electron chi connectivity index (χ4n) is 8.69. The summed E-state index contributed by atoms with van der Waals surface area (Å²) < 4.78 is 80.9. The van der Waals surface area contributed by atoms with E-state index in [9.17, 15) is 55.7 Å². The summed E-state index contributed by atoms with van der Waals surface area (Å²) in [5.74, 6) is -3.62. The highest BCUT2D eigenvalue weighted by molar-refractivity contribution is 7.99. The average molecular weight is 1170 g/mol. The first-order valence-electron chi connectivity index (χ1n) is 24.1. The number of hydrogen-bond acceptors (Lipinski definition) is 21. The SMILES string of the molecule is O=C(Cc1ccccc1)Nc1nnc(CCCCc2nnc(NC(O)Cc3cccc(C4CCN(C(=O)C(F)(F)F)C4C(=O)Nc4nnc(CCSCCc5nnc(NC(=O)C6CCCN6C(O)C(F)(F)F)s5)s4)c3)s2)s1. The van der Waals surface area contributed by atoms with E-state index in [1.165, 1.54) is 34.4 Å². The number of aromatic nitrogens is 8. The maximum atomic E-state index is 13.9. The molecule has 0 radical (unpaired) electrons. The number of likely N-dealkylation sites (tertiary alicyclic amines) is 2. The Labute approximate surface area is 455 Å². The van der Waals surface area contributed by atoms with E-state index in [0.29, 0.717) is 84.8 Å². The number of thioether (sulfide) groups is 1. The van der Waals surface area contributed by atoms with Gasteiger partial charge in [0.1, 0.15) is 32.3 Å². The maximum Gasteiger partial charge on any atom is 0.471 e. The highest BCUT2D eigenvalue weighted by Crippen LogP contribution is 2.38. The molecule has 5 atom stereocenters. The summed E-state index contributed by atoms with van der Waals surface area (Å²) in [6, 6.07) is 13.4. The van der Waals surface area contributed by atoms with Crippen LogP contribution in [-0.4, -0.2) is 146 Å². The van der Waals surface area contributed by atoms with E-state index in [0.717, 1.165) is 51.1 Å². The summed E-state index contributed by atoms with van der Waals surface area (Å²) in [7, 11) is 0. The number of nitrogens with zero attached hydrogens (tertiary/aromatic N) is 10. The number of halogens is 6. The first kappa shape index (κ1) is 57.3. The molecular weight excluding hydrogens is 1120 g/mol. The van der Waals surface area contributed by atoms with Crippen LogP contribution in [-0.2, 0) is 57.7 Å². The number of alkyl halides is 6. The zero-order chi connectivity index (χ0) is 54.7. The van der Waals surface area contributed by atoms with Gasteiger partial charge in [0, 0.05) is 51.1 Å². The molecule has 2 fully saturated rings. The van der Waals surface area contributed by atoms with Crippen molar-refractivity contribution >= 4 is 101 Å². The van der Waals surface area contributed by atoms with Gasteiger partial charge in [-0.1, -0.05) is 99.9 Å². The van der Waals surface area contributed by atoms with Crippen LogP contribution in [0.1, 0.15) is 74.7 Å². The zero-order valence-electron chi connectivity index (χ0n) is 40.5. The molecule has 8 rings (SSSR count). The molecule has 31 heteroatoms. The van der Waals surface area contributed by atoms with Gasteiger partial charge in [-0.05, 0) is 60.3 Å². The Hall–Kier alpha value is -5.83. The third-order valence-electron chi connectivity index (χ3n) is 12.2. The van der Waals surface area contributed by atoms with Crippen LogP contribution in [0.15, 0.2) is 54.6 Å². The molecule has 2 aromatic carbocycles. The number of carbonyl (C=O) groups is 4. The molecule has 0 bridgehead atoms. The molecule has 4 aromatic heterocycles. The largest absolute Gasteiger partial charge is 0.471 e. The Morgan fingerprint density at radius 3 is 1.83 bits per heavy atom. The Morgan fingerprint density at radius 1 is 0.662 bits per heavy atom. The molecule has 77 heavy (non-hydrogen) atoms. The van der Waals surface area contributed by atoms with Gasteiger partial charge < -0.3 is 25.7 Å². The number of aryl methyl sites for hydroxylation is 4.